The Hall–Kier alpha value is -0.870. The summed E-state index contributed by atoms with van der Waals surface area (Å²) >= 11 is 0.538. The quantitative estimate of drug-likeness (QED) is 0.909. The first-order chi connectivity index (χ1) is 9.59. The molecule has 1 aliphatic heterocycles. The van der Waals surface area contributed by atoms with Gasteiger partial charge in [0.25, 0.3) is 0 Å². The van der Waals surface area contributed by atoms with Gasteiger partial charge in [0.05, 0.1) is 11.4 Å². The molecule has 1 atom stereocenters. The standard InChI is InChI=1S/C11H16F3N3O2S2/c1-7(2)16-21(18,19)8-3-4-17(6-8)10-15-5-9(20-10)11(12,13)14/h5,7-8,16H,3-4,6H2,1-2H3/t8-/m1/s1. The molecule has 0 bridgehead atoms. The molecule has 2 heterocycles. The van der Waals surface area contributed by atoms with E-state index in [4.69, 9.17) is 0 Å². The van der Waals surface area contributed by atoms with E-state index in [1.54, 1.807) is 18.7 Å². The Morgan fingerprint density at radius 3 is 2.67 bits per heavy atom. The SMILES string of the molecule is CC(C)NS(=O)(=O)[C@@H]1CCN(c2ncc(C(F)(F)F)s2)C1. The maximum Gasteiger partial charge on any atom is 0.427 e. The van der Waals surface area contributed by atoms with Gasteiger partial charge in [0, 0.05) is 19.1 Å². The van der Waals surface area contributed by atoms with Crippen LogP contribution in [0.2, 0.25) is 0 Å². The molecule has 2 rings (SSSR count). The van der Waals surface area contributed by atoms with Crippen molar-refractivity contribution in [2.75, 3.05) is 18.0 Å². The van der Waals surface area contributed by atoms with Crippen LogP contribution >= 0.6 is 11.3 Å². The van der Waals surface area contributed by atoms with Crippen molar-refractivity contribution in [3.05, 3.63) is 11.1 Å². The van der Waals surface area contributed by atoms with E-state index >= 15 is 0 Å². The number of aromatic nitrogens is 1. The predicted molar refractivity (Wildman–Crippen MR) is 74.9 cm³/mol. The van der Waals surface area contributed by atoms with Gasteiger partial charge in [0.15, 0.2) is 5.13 Å². The summed E-state index contributed by atoms with van der Waals surface area (Å²) in [6.45, 7) is 3.99. The molecule has 1 N–H and O–H groups in total. The zero-order chi connectivity index (χ0) is 15.8. The normalized spacial score (nSPS) is 20.5. The molecule has 21 heavy (non-hydrogen) atoms. The van der Waals surface area contributed by atoms with E-state index in [0.29, 0.717) is 24.3 Å². The fourth-order valence-corrected chi connectivity index (χ4v) is 4.58. The van der Waals surface area contributed by atoms with Crippen molar-refractivity contribution in [1.82, 2.24) is 9.71 Å². The van der Waals surface area contributed by atoms with Gasteiger partial charge in [-0.3, -0.25) is 0 Å². The molecule has 1 saturated heterocycles. The van der Waals surface area contributed by atoms with E-state index in [1.807, 2.05) is 0 Å². The number of thiazole rings is 1. The van der Waals surface area contributed by atoms with E-state index in [9.17, 15) is 21.6 Å². The summed E-state index contributed by atoms with van der Waals surface area (Å²) < 4.78 is 64.2. The molecular formula is C11H16F3N3O2S2. The summed E-state index contributed by atoms with van der Waals surface area (Å²) in [4.78, 5) is 4.56. The van der Waals surface area contributed by atoms with Crippen LogP contribution in [-0.4, -0.2) is 37.8 Å². The topological polar surface area (TPSA) is 62.3 Å². The van der Waals surface area contributed by atoms with E-state index in [-0.39, 0.29) is 17.7 Å². The van der Waals surface area contributed by atoms with E-state index in [0.717, 1.165) is 6.20 Å². The molecular weight excluding hydrogens is 327 g/mol. The Morgan fingerprint density at radius 1 is 1.48 bits per heavy atom. The number of anilines is 1. The van der Waals surface area contributed by atoms with Crippen molar-refractivity contribution in [3.8, 4) is 0 Å². The van der Waals surface area contributed by atoms with Crippen LogP contribution in [0.25, 0.3) is 0 Å². The van der Waals surface area contributed by atoms with Gasteiger partial charge in [-0.25, -0.2) is 18.1 Å². The minimum absolute atomic E-state index is 0.160. The first kappa shape index (κ1) is 16.5. The van der Waals surface area contributed by atoms with Crippen molar-refractivity contribution < 1.29 is 21.6 Å². The van der Waals surface area contributed by atoms with E-state index < -0.39 is 26.3 Å². The predicted octanol–water partition coefficient (Wildman–Crippen LogP) is 2.07. The molecule has 0 radical (unpaired) electrons. The number of rotatable bonds is 4. The molecule has 1 aromatic rings. The molecule has 5 nitrogen and oxygen atoms in total. The zero-order valence-corrected chi connectivity index (χ0v) is 13.1. The Balaban J connectivity index is 2.08. The van der Waals surface area contributed by atoms with Gasteiger partial charge in [-0.1, -0.05) is 11.3 Å². The average molecular weight is 343 g/mol. The lowest BCUT2D eigenvalue weighted by Gasteiger charge is -2.17. The highest BCUT2D eigenvalue weighted by Crippen LogP contribution is 2.37. The lowest BCUT2D eigenvalue weighted by atomic mass is 10.4. The third-order valence-electron chi connectivity index (χ3n) is 3.03. The van der Waals surface area contributed by atoms with Crippen LogP contribution in [0.15, 0.2) is 6.20 Å². The summed E-state index contributed by atoms with van der Waals surface area (Å²) in [5, 5.41) is -0.414. The van der Waals surface area contributed by atoms with Crippen LogP contribution in [0, 0.1) is 0 Å². The molecule has 1 aliphatic rings. The number of hydrogen-bond donors (Lipinski definition) is 1. The monoisotopic (exact) mass is 343 g/mol. The molecule has 1 fully saturated rings. The summed E-state index contributed by atoms with van der Waals surface area (Å²) in [6.07, 6.45) is -3.25. The minimum Gasteiger partial charge on any atom is -0.347 e. The largest absolute Gasteiger partial charge is 0.427 e. The second-order valence-electron chi connectivity index (χ2n) is 5.18. The first-order valence-electron chi connectivity index (χ1n) is 6.38. The highest BCUT2D eigenvalue weighted by molar-refractivity contribution is 7.90. The summed E-state index contributed by atoms with van der Waals surface area (Å²) in [7, 11) is -3.46. The third kappa shape index (κ3) is 3.86. The maximum atomic E-state index is 12.5. The molecule has 0 unspecified atom stereocenters. The van der Waals surface area contributed by atoms with Crippen LogP contribution in [0.4, 0.5) is 18.3 Å². The van der Waals surface area contributed by atoms with Crippen LogP contribution in [0.5, 0.6) is 0 Å². The lowest BCUT2D eigenvalue weighted by molar-refractivity contribution is -0.134. The third-order valence-corrected chi connectivity index (χ3v) is 6.19. The van der Waals surface area contributed by atoms with Gasteiger partial charge in [-0.15, -0.1) is 0 Å². The molecule has 0 aliphatic carbocycles. The Bertz CT molecular complexity index is 598. The molecule has 0 amide bonds. The highest BCUT2D eigenvalue weighted by Gasteiger charge is 2.37. The number of nitrogens with zero attached hydrogens (tertiary/aromatic N) is 2. The smallest absolute Gasteiger partial charge is 0.347 e. The average Bonchev–Trinajstić information content (AvgIpc) is 2.95. The molecule has 120 valence electrons. The highest BCUT2D eigenvalue weighted by atomic mass is 32.2. The summed E-state index contributed by atoms with van der Waals surface area (Å²) in [5.74, 6) is 0. The Morgan fingerprint density at radius 2 is 2.14 bits per heavy atom. The summed E-state index contributed by atoms with van der Waals surface area (Å²) in [6, 6.07) is -0.208. The van der Waals surface area contributed by atoms with Crippen LogP contribution in [0.3, 0.4) is 0 Å². The van der Waals surface area contributed by atoms with Gasteiger partial charge in [0.1, 0.15) is 4.88 Å². The van der Waals surface area contributed by atoms with Gasteiger partial charge in [0.2, 0.25) is 10.0 Å². The minimum atomic E-state index is -4.42. The molecule has 0 saturated carbocycles. The molecule has 0 aromatic carbocycles. The lowest BCUT2D eigenvalue weighted by Crippen LogP contribution is -2.39. The van der Waals surface area contributed by atoms with Crippen molar-refractivity contribution in [1.29, 1.82) is 0 Å². The molecule has 0 spiro atoms. The second-order valence-corrected chi connectivity index (χ2v) is 8.18. The number of hydrogen-bond acceptors (Lipinski definition) is 5. The summed E-state index contributed by atoms with van der Waals surface area (Å²) in [5.41, 5.74) is 0. The van der Waals surface area contributed by atoms with Crippen molar-refractivity contribution in [3.63, 3.8) is 0 Å². The van der Waals surface area contributed by atoms with Crippen molar-refractivity contribution in [2.24, 2.45) is 0 Å². The van der Waals surface area contributed by atoms with Crippen LogP contribution in [-0.2, 0) is 16.2 Å². The fourth-order valence-electron chi connectivity index (χ4n) is 2.12. The Kier molecular flexibility index (Phi) is 4.50. The Labute approximate surface area is 125 Å². The number of nitrogens with one attached hydrogen (secondary N) is 1. The fraction of sp³-hybridized carbons (Fsp3) is 0.727. The zero-order valence-electron chi connectivity index (χ0n) is 11.5. The molecule has 10 heteroatoms. The molecule has 1 aromatic heterocycles. The van der Waals surface area contributed by atoms with Gasteiger partial charge < -0.3 is 4.90 Å². The van der Waals surface area contributed by atoms with E-state index in [2.05, 4.69) is 9.71 Å². The van der Waals surface area contributed by atoms with Gasteiger partial charge in [-0.05, 0) is 20.3 Å². The number of sulfonamides is 1. The van der Waals surface area contributed by atoms with Gasteiger partial charge >= 0.3 is 6.18 Å². The number of halogens is 3. The van der Waals surface area contributed by atoms with Crippen LogP contribution < -0.4 is 9.62 Å². The van der Waals surface area contributed by atoms with Gasteiger partial charge in [-0.2, -0.15) is 13.2 Å². The number of alkyl halides is 3. The van der Waals surface area contributed by atoms with E-state index in [1.165, 1.54) is 0 Å². The second kappa shape index (κ2) is 5.73. The maximum absolute atomic E-state index is 12.5. The van der Waals surface area contributed by atoms with Crippen LogP contribution in [0.1, 0.15) is 25.1 Å². The van der Waals surface area contributed by atoms with Crippen molar-refractivity contribution >= 4 is 26.5 Å². The first-order valence-corrected chi connectivity index (χ1v) is 8.75. The van der Waals surface area contributed by atoms with Crippen molar-refractivity contribution in [2.45, 2.75) is 37.7 Å².